The molecule has 6 heteroatoms. The molecule has 0 spiro atoms. The fourth-order valence-corrected chi connectivity index (χ4v) is 4.14. The quantitative estimate of drug-likeness (QED) is 0.318. The lowest BCUT2D eigenvalue weighted by Crippen LogP contribution is -2.38. The van der Waals surface area contributed by atoms with Crippen molar-refractivity contribution in [1.29, 1.82) is 0 Å². The highest BCUT2D eigenvalue weighted by Gasteiger charge is 2.31. The van der Waals surface area contributed by atoms with Crippen molar-refractivity contribution in [2.45, 2.75) is 33.4 Å². The summed E-state index contributed by atoms with van der Waals surface area (Å²) in [5.41, 5.74) is 3.51. The van der Waals surface area contributed by atoms with Gasteiger partial charge in [-0.15, -0.1) is 0 Å². The molecule has 3 aromatic carbocycles. The number of hydrogen-bond acceptors (Lipinski definition) is 3. The molecular weight excluding hydrogens is 452 g/mol. The van der Waals surface area contributed by atoms with Crippen molar-refractivity contribution in [3.05, 3.63) is 119 Å². The number of rotatable bonds is 7. The lowest BCUT2D eigenvalue weighted by molar-refractivity contribution is 0.173. The Hall–Kier alpha value is -4.32. The minimum absolute atomic E-state index is 0.190. The van der Waals surface area contributed by atoms with Gasteiger partial charge in [0.2, 0.25) is 5.43 Å². The molecule has 1 heterocycles. The number of hydrogen-bond donors (Lipinski definition) is 2. The van der Waals surface area contributed by atoms with E-state index in [1.165, 1.54) is 6.07 Å². The van der Waals surface area contributed by atoms with Gasteiger partial charge in [0.05, 0.1) is 12.2 Å². The first-order valence-corrected chi connectivity index (χ1v) is 11.8. The largest absolute Gasteiger partial charge is 0.483 e. The maximum atomic E-state index is 13.1. The summed E-state index contributed by atoms with van der Waals surface area (Å²) in [6, 6.07) is 28.4. The van der Waals surface area contributed by atoms with E-state index in [1.54, 1.807) is 6.20 Å². The van der Waals surface area contributed by atoms with Crippen molar-refractivity contribution in [2.24, 2.45) is 5.41 Å². The predicted molar refractivity (Wildman–Crippen MR) is 142 cm³/mol. The summed E-state index contributed by atoms with van der Waals surface area (Å²) < 4.78 is 7.78. The summed E-state index contributed by atoms with van der Waals surface area (Å²) in [6.07, 6.45) is 0.504. The summed E-state index contributed by atoms with van der Waals surface area (Å²) in [7, 11) is 0. The standard InChI is InChI=1S/C30H30N2O4/c1-30(2,3)28(31-29(34)35)25-18-26(33)27(36-20-21-11-6-4-7-12-21)19-32(25)24-16-10-15-23(17-24)22-13-8-5-9-14-22/h4-19,28,31H,20H2,1-3H3,(H,34,35). The van der Waals surface area contributed by atoms with Gasteiger partial charge in [0.1, 0.15) is 6.61 Å². The average molecular weight is 483 g/mol. The van der Waals surface area contributed by atoms with E-state index in [1.807, 2.05) is 110 Å². The molecule has 0 saturated carbocycles. The third-order valence-corrected chi connectivity index (χ3v) is 5.94. The Bertz CT molecular complexity index is 1390. The second kappa shape index (κ2) is 10.5. The summed E-state index contributed by atoms with van der Waals surface area (Å²) in [4.78, 5) is 24.8. The maximum absolute atomic E-state index is 13.1. The molecule has 4 rings (SSSR count). The van der Waals surface area contributed by atoms with Gasteiger partial charge >= 0.3 is 6.09 Å². The number of amides is 1. The van der Waals surface area contributed by atoms with Crippen LogP contribution in [-0.2, 0) is 6.61 Å². The van der Waals surface area contributed by atoms with Gasteiger partial charge in [0.15, 0.2) is 5.75 Å². The van der Waals surface area contributed by atoms with Crippen LogP contribution in [0.4, 0.5) is 4.79 Å². The van der Waals surface area contributed by atoms with Gasteiger partial charge in [0.25, 0.3) is 0 Å². The Labute approximate surface area is 210 Å². The Morgan fingerprint density at radius 2 is 1.56 bits per heavy atom. The molecule has 0 aliphatic rings. The number of nitrogens with zero attached hydrogens (tertiary/aromatic N) is 1. The first-order chi connectivity index (χ1) is 17.2. The molecule has 0 fully saturated rings. The van der Waals surface area contributed by atoms with E-state index in [-0.39, 0.29) is 17.8 Å². The van der Waals surface area contributed by atoms with Crippen molar-refractivity contribution in [2.75, 3.05) is 0 Å². The molecule has 36 heavy (non-hydrogen) atoms. The minimum atomic E-state index is -1.16. The SMILES string of the molecule is CC(C)(C)C(NC(=O)O)c1cc(=O)c(OCc2ccccc2)cn1-c1cccc(-c2ccccc2)c1. The van der Waals surface area contributed by atoms with Gasteiger partial charge in [-0.3, -0.25) is 4.79 Å². The van der Waals surface area contributed by atoms with E-state index in [9.17, 15) is 14.7 Å². The molecule has 0 aliphatic heterocycles. The van der Waals surface area contributed by atoms with Crippen molar-refractivity contribution >= 4 is 6.09 Å². The molecule has 0 saturated heterocycles. The fourth-order valence-electron chi connectivity index (χ4n) is 4.14. The maximum Gasteiger partial charge on any atom is 0.405 e. The molecule has 0 radical (unpaired) electrons. The van der Waals surface area contributed by atoms with Crippen molar-refractivity contribution < 1.29 is 14.6 Å². The molecule has 1 atom stereocenters. The summed E-state index contributed by atoms with van der Waals surface area (Å²) in [6.45, 7) is 6.05. The number of nitrogens with one attached hydrogen (secondary N) is 1. The topological polar surface area (TPSA) is 80.6 Å². The molecule has 1 aromatic heterocycles. The zero-order chi connectivity index (χ0) is 25.7. The van der Waals surface area contributed by atoms with Crippen molar-refractivity contribution in [1.82, 2.24) is 9.88 Å². The Kier molecular flexibility index (Phi) is 7.25. The van der Waals surface area contributed by atoms with E-state index >= 15 is 0 Å². The number of ether oxygens (including phenoxy) is 1. The molecule has 6 nitrogen and oxygen atoms in total. The van der Waals surface area contributed by atoms with Gasteiger partial charge in [0, 0.05) is 17.4 Å². The summed E-state index contributed by atoms with van der Waals surface area (Å²) in [5.74, 6) is 0.190. The molecule has 4 aromatic rings. The van der Waals surface area contributed by atoms with E-state index in [0.29, 0.717) is 5.69 Å². The lowest BCUT2D eigenvalue weighted by atomic mass is 9.84. The van der Waals surface area contributed by atoms with Crippen LogP contribution in [0.5, 0.6) is 5.75 Å². The normalized spacial score (nSPS) is 12.1. The number of pyridine rings is 1. The summed E-state index contributed by atoms with van der Waals surface area (Å²) >= 11 is 0. The zero-order valence-corrected chi connectivity index (χ0v) is 20.6. The second-order valence-corrected chi connectivity index (χ2v) is 9.74. The van der Waals surface area contributed by atoms with Gasteiger partial charge in [-0.2, -0.15) is 0 Å². The number of carboxylic acid groups (broad SMARTS) is 1. The zero-order valence-electron chi connectivity index (χ0n) is 20.6. The van der Waals surface area contributed by atoms with E-state index < -0.39 is 17.6 Å². The van der Waals surface area contributed by atoms with E-state index in [0.717, 1.165) is 22.4 Å². The van der Waals surface area contributed by atoms with Gasteiger partial charge in [-0.25, -0.2) is 4.79 Å². The first-order valence-electron chi connectivity index (χ1n) is 11.8. The monoisotopic (exact) mass is 482 g/mol. The number of aromatic nitrogens is 1. The van der Waals surface area contributed by atoms with Gasteiger partial charge in [-0.05, 0) is 34.2 Å². The smallest absolute Gasteiger partial charge is 0.405 e. The Balaban J connectivity index is 1.85. The van der Waals surface area contributed by atoms with Crippen LogP contribution in [0.15, 0.2) is 102 Å². The second-order valence-electron chi connectivity index (χ2n) is 9.74. The predicted octanol–water partition coefficient (Wildman–Crippen LogP) is 6.44. The fraction of sp³-hybridized carbons (Fsp3) is 0.200. The first kappa shape index (κ1) is 24.8. The number of benzene rings is 3. The van der Waals surface area contributed by atoms with Crippen LogP contribution in [0.3, 0.4) is 0 Å². The highest BCUT2D eigenvalue weighted by atomic mass is 16.5. The lowest BCUT2D eigenvalue weighted by Gasteiger charge is -2.33. The van der Waals surface area contributed by atoms with Crippen molar-refractivity contribution in [3.8, 4) is 22.6 Å². The van der Waals surface area contributed by atoms with Crippen LogP contribution >= 0.6 is 0 Å². The Morgan fingerprint density at radius 1 is 0.917 bits per heavy atom. The minimum Gasteiger partial charge on any atom is -0.483 e. The molecule has 2 N–H and O–H groups in total. The van der Waals surface area contributed by atoms with Gasteiger partial charge < -0.3 is 19.7 Å². The molecule has 184 valence electrons. The molecule has 1 amide bonds. The van der Waals surface area contributed by atoms with E-state index in [2.05, 4.69) is 5.32 Å². The third-order valence-electron chi connectivity index (χ3n) is 5.94. The van der Waals surface area contributed by atoms with Crippen LogP contribution < -0.4 is 15.5 Å². The van der Waals surface area contributed by atoms with Crippen LogP contribution in [0.2, 0.25) is 0 Å². The Morgan fingerprint density at radius 3 is 2.19 bits per heavy atom. The van der Waals surface area contributed by atoms with Crippen LogP contribution in [0, 0.1) is 5.41 Å². The van der Waals surface area contributed by atoms with E-state index in [4.69, 9.17) is 4.74 Å². The van der Waals surface area contributed by atoms with Crippen molar-refractivity contribution in [3.63, 3.8) is 0 Å². The highest BCUT2D eigenvalue weighted by molar-refractivity contribution is 5.67. The third kappa shape index (κ3) is 5.84. The van der Waals surface area contributed by atoms with Crippen LogP contribution in [-0.4, -0.2) is 15.8 Å². The van der Waals surface area contributed by atoms with Crippen LogP contribution in [0.1, 0.15) is 38.1 Å². The highest BCUT2D eigenvalue weighted by Crippen LogP contribution is 2.34. The molecule has 0 aliphatic carbocycles. The van der Waals surface area contributed by atoms with Crippen LogP contribution in [0.25, 0.3) is 16.8 Å². The molecule has 0 bridgehead atoms. The van der Waals surface area contributed by atoms with Gasteiger partial charge in [-0.1, -0.05) is 93.6 Å². The molecular formula is C30H30N2O4. The molecule has 1 unspecified atom stereocenters. The summed E-state index contributed by atoms with van der Waals surface area (Å²) in [5, 5.41) is 12.2. The number of carbonyl (C=O) groups is 1. The average Bonchev–Trinajstić information content (AvgIpc) is 2.87.